The summed E-state index contributed by atoms with van der Waals surface area (Å²) in [4.78, 5) is 14.2. The van der Waals surface area contributed by atoms with Gasteiger partial charge >= 0.3 is 0 Å². The molecule has 1 aliphatic heterocycles. The zero-order valence-corrected chi connectivity index (χ0v) is 15.4. The third kappa shape index (κ3) is 4.23. The lowest BCUT2D eigenvalue weighted by Gasteiger charge is -2.15. The van der Waals surface area contributed by atoms with Crippen LogP contribution in [0.1, 0.15) is 11.1 Å². The third-order valence-electron chi connectivity index (χ3n) is 4.08. The summed E-state index contributed by atoms with van der Waals surface area (Å²) in [6.07, 6.45) is 5.15. The fourth-order valence-electron chi connectivity index (χ4n) is 2.87. The van der Waals surface area contributed by atoms with Crippen molar-refractivity contribution in [3.63, 3.8) is 0 Å². The molecule has 0 radical (unpaired) electrons. The second-order valence-corrected chi connectivity index (χ2v) is 7.81. The average molecular weight is 372 g/mol. The number of hydrogen-bond donors (Lipinski definition) is 1. The molecule has 6 nitrogen and oxygen atoms in total. The van der Waals surface area contributed by atoms with Crippen LogP contribution >= 0.6 is 0 Å². The number of sulfonamides is 1. The zero-order valence-electron chi connectivity index (χ0n) is 14.6. The van der Waals surface area contributed by atoms with Gasteiger partial charge in [-0.2, -0.15) is 0 Å². The summed E-state index contributed by atoms with van der Waals surface area (Å²) in [5.74, 6) is 0.698. The highest BCUT2D eigenvalue weighted by atomic mass is 32.2. The summed E-state index contributed by atoms with van der Waals surface area (Å²) in [6.45, 7) is 0.642. The summed E-state index contributed by atoms with van der Waals surface area (Å²) in [7, 11) is -1.67. The normalized spacial score (nSPS) is 13.7. The first-order chi connectivity index (χ1) is 12.4. The van der Waals surface area contributed by atoms with Gasteiger partial charge in [0.2, 0.25) is 10.0 Å². The van der Waals surface area contributed by atoms with Crippen LogP contribution in [-0.2, 0) is 21.2 Å². The minimum absolute atomic E-state index is 0.0905. The second-order valence-electron chi connectivity index (χ2n) is 6.06. The number of nitrogens with zero attached hydrogens (tertiary/aromatic N) is 1. The van der Waals surface area contributed by atoms with Crippen molar-refractivity contribution in [1.82, 2.24) is 0 Å². The van der Waals surface area contributed by atoms with Crippen LogP contribution in [0.5, 0.6) is 5.75 Å². The van der Waals surface area contributed by atoms with Crippen LogP contribution in [-0.4, -0.2) is 34.2 Å². The molecule has 26 heavy (non-hydrogen) atoms. The minimum Gasteiger partial charge on any atom is -0.497 e. The number of hydrogen-bond acceptors (Lipinski definition) is 4. The molecule has 0 aliphatic carbocycles. The molecule has 0 unspecified atom stereocenters. The van der Waals surface area contributed by atoms with Crippen molar-refractivity contribution in [3.05, 3.63) is 59.7 Å². The molecule has 0 spiro atoms. The van der Waals surface area contributed by atoms with Crippen molar-refractivity contribution in [2.45, 2.75) is 6.42 Å². The van der Waals surface area contributed by atoms with Crippen molar-refractivity contribution in [2.24, 2.45) is 0 Å². The molecule has 0 fully saturated rings. The molecule has 0 saturated carbocycles. The second kappa shape index (κ2) is 7.21. The van der Waals surface area contributed by atoms with Crippen LogP contribution in [0.2, 0.25) is 0 Å². The Morgan fingerprint density at radius 3 is 2.58 bits per heavy atom. The van der Waals surface area contributed by atoms with Crippen LogP contribution in [0.25, 0.3) is 6.08 Å². The van der Waals surface area contributed by atoms with Crippen LogP contribution in [0.15, 0.2) is 48.5 Å². The quantitative estimate of drug-likeness (QED) is 0.819. The molecule has 1 heterocycles. The van der Waals surface area contributed by atoms with Gasteiger partial charge < -0.3 is 9.64 Å². The molecule has 3 rings (SSSR count). The van der Waals surface area contributed by atoms with Crippen molar-refractivity contribution in [3.8, 4) is 5.75 Å². The number of methoxy groups -OCH3 is 1. The lowest BCUT2D eigenvalue weighted by atomic mass is 10.1. The molecule has 0 saturated heterocycles. The van der Waals surface area contributed by atoms with Gasteiger partial charge in [0.25, 0.3) is 5.91 Å². The van der Waals surface area contributed by atoms with E-state index in [1.165, 1.54) is 6.08 Å². The highest BCUT2D eigenvalue weighted by Crippen LogP contribution is 2.31. The van der Waals surface area contributed by atoms with Crippen LogP contribution < -0.4 is 14.4 Å². The standard InChI is InChI=1S/C19H20N2O4S/c1-25-17-8-9-18-15(13-17)11-12-21(18)19(22)10-5-14-3-6-16(7-4-14)20-26(2,23)24/h3-10,13,20H,11-12H2,1-2H3. The molecule has 2 aromatic rings. The van der Waals surface area contributed by atoms with Gasteiger partial charge in [0.1, 0.15) is 5.75 Å². The van der Waals surface area contributed by atoms with E-state index in [4.69, 9.17) is 4.74 Å². The number of benzene rings is 2. The van der Waals surface area contributed by atoms with Gasteiger partial charge in [0.15, 0.2) is 0 Å². The fourth-order valence-corrected chi connectivity index (χ4v) is 3.43. The molecule has 2 aromatic carbocycles. The highest BCUT2D eigenvalue weighted by molar-refractivity contribution is 7.92. The number of carbonyl (C=O) groups is 1. The Labute approximate surface area is 153 Å². The predicted octanol–water partition coefficient (Wildman–Crippen LogP) is 2.67. The van der Waals surface area contributed by atoms with E-state index in [1.807, 2.05) is 18.2 Å². The number of amides is 1. The van der Waals surface area contributed by atoms with E-state index >= 15 is 0 Å². The zero-order chi connectivity index (χ0) is 18.7. The van der Waals surface area contributed by atoms with Gasteiger partial charge in [0, 0.05) is 24.0 Å². The first-order valence-corrected chi connectivity index (χ1v) is 9.99. The van der Waals surface area contributed by atoms with Gasteiger partial charge in [-0.25, -0.2) is 8.42 Å². The molecule has 1 N–H and O–H groups in total. The van der Waals surface area contributed by atoms with E-state index < -0.39 is 10.0 Å². The van der Waals surface area contributed by atoms with Crippen molar-refractivity contribution < 1.29 is 17.9 Å². The molecule has 7 heteroatoms. The summed E-state index contributed by atoms with van der Waals surface area (Å²) in [5, 5.41) is 0. The molecule has 0 bridgehead atoms. The SMILES string of the molecule is COc1ccc2c(c1)CCN2C(=O)C=Cc1ccc(NS(C)(=O)=O)cc1. The van der Waals surface area contributed by atoms with Gasteiger partial charge in [-0.3, -0.25) is 9.52 Å². The Hall–Kier alpha value is -2.80. The van der Waals surface area contributed by atoms with E-state index in [0.29, 0.717) is 12.2 Å². The van der Waals surface area contributed by atoms with Crippen molar-refractivity contribution in [2.75, 3.05) is 29.5 Å². The van der Waals surface area contributed by atoms with E-state index in [1.54, 1.807) is 42.4 Å². The summed E-state index contributed by atoms with van der Waals surface area (Å²) in [6, 6.07) is 12.5. The Bertz CT molecular complexity index is 950. The number of nitrogens with one attached hydrogen (secondary N) is 1. The fraction of sp³-hybridized carbons (Fsp3) is 0.211. The lowest BCUT2D eigenvalue weighted by Crippen LogP contribution is -2.26. The molecular formula is C19H20N2O4S. The van der Waals surface area contributed by atoms with E-state index in [-0.39, 0.29) is 5.91 Å². The summed E-state index contributed by atoms with van der Waals surface area (Å²) in [5.41, 5.74) is 3.31. The number of anilines is 2. The number of fused-ring (bicyclic) bond motifs is 1. The Morgan fingerprint density at radius 1 is 1.19 bits per heavy atom. The molecular weight excluding hydrogens is 352 g/mol. The largest absolute Gasteiger partial charge is 0.497 e. The highest BCUT2D eigenvalue weighted by Gasteiger charge is 2.23. The van der Waals surface area contributed by atoms with Crippen LogP contribution in [0, 0.1) is 0 Å². The van der Waals surface area contributed by atoms with E-state index in [0.717, 1.165) is 35.2 Å². The number of carbonyl (C=O) groups excluding carboxylic acids is 1. The first kappa shape index (κ1) is 18.0. The molecule has 0 aromatic heterocycles. The summed E-state index contributed by atoms with van der Waals surface area (Å²) < 4.78 is 30.0. The van der Waals surface area contributed by atoms with Gasteiger partial charge in [0.05, 0.1) is 13.4 Å². The summed E-state index contributed by atoms with van der Waals surface area (Å²) >= 11 is 0. The number of rotatable bonds is 5. The van der Waals surface area contributed by atoms with E-state index in [2.05, 4.69) is 4.72 Å². The number of ether oxygens (including phenoxy) is 1. The Kier molecular flexibility index (Phi) is 4.99. The van der Waals surface area contributed by atoms with Gasteiger partial charge in [-0.05, 0) is 54.0 Å². The first-order valence-electron chi connectivity index (χ1n) is 8.10. The molecule has 0 atom stereocenters. The van der Waals surface area contributed by atoms with Crippen molar-refractivity contribution >= 4 is 33.4 Å². The smallest absolute Gasteiger partial charge is 0.251 e. The van der Waals surface area contributed by atoms with Crippen molar-refractivity contribution in [1.29, 1.82) is 0 Å². The van der Waals surface area contributed by atoms with Crippen LogP contribution in [0.3, 0.4) is 0 Å². The molecule has 136 valence electrons. The average Bonchev–Trinajstić information content (AvgIpc) is 3.02. The Balaban J connectivity index is 1.69. The van der Waals surface area contributed by atoms with E-state index in [9.17, 15) is 13.2 Å². The Morgan fingerprint density at radius 2 is 1.92 bits per heavy atom. The molecule has 1 amide bonds. The lowest BCUT2D eigenvalue weighted by molar-refractivity contribution is -0.114. The minimum atomic E-state index is -3.30. The monoisotopic (exact) mass is 372 g/mol. The topological polar surface area (TPSA) is 75.7 Å². The maximum atomic E-state index is 12.5. The predicted molar refractivity (Wildman–Crippen MR) is 103 cm³/mol. The maximum Gasteiger partial charge on any atom is 0.251 e. The maximum absolute atomic E-state index is 12.5. The van der Waals surface area contributed by atoms with Gasteiger partial charge in [-0.1, -0.05) is 12.1 Å². The van der Waals surface area contributed by atoms with Gasteiger partial charge in [-0.15, -0.1) is 0 Å². The third-order valence-corrected chi connectivity index (χ3v) is 4.69. The van der Waals surface area contributed by atoms with Crippen LogP contribution in [0.4, 0.5) is 11.4 Å². The molecule has 1 aliphatic rings.